The van der Waals surface area contributed by atoms with E-state index in [1.165, 1.54) is 0 Å². The molecule has 1 rings (SSSR count). The molecule has 0 spiro atoms. The molecule has 2 heteroatoms. The van der Waals surface area contributed by atoms with Crippen molar-refractivity contribution in [2.24, 2.45) is 0 Å². The molecule has 0 aromatic carbocycles. The van der Waals surface area contributed by atoms with Crippen molar-refractivity contribution in [3.05, 3.63) is 23.0 Å². The van der Waals surface area contributed by atoms with Gasteiger partial charge in [-0.2, -0.15) is 5.26 Å². The smallest absolute Gasteiger partial charge is 0.118 e. The van der Waals surface area contributed by atoms with Crippen LogP contribution in [0, 0.1) is 25.2 Å². The maximum absolute atomic E-state index is 8.39. The lowest BCUT2D eigenvalue weighted by atomic mass is 10.3. The Labute approximate surface area is 54.1 Å². The lowest BCUT2D eigenvalue weighted by molar-refractivity contribution is 1.21. The minimum atomic E-state index is 0.644. The van der Waals surface area contributed by atoms with E-state index in [-0.39, 0.29) is 0 Å². The fourth-order valence-electron chi connectivity index (χ4n) is 0.722. The molecule has 0 amide bonds. The van der Waals surface area contributed by atoms with E-state index in [0.29, 0.717) is 5.69 Å². The molecule has 0 radical (unpaired) electrons. The van der Waals surface area contributed by atoms with Crippen LogP contribution in [0.25, 0.3) is 0 Å². The summed E-state index contributed by atoms with van der Waals surface area (Å²) in [5, 5.41) is 8.39. The Kier molecular flexibility index (Phi) is 1.27. The molecule has 1 aromatic heterocycles. The SMILES string of the molecule is Cc1cc(C#N)[nH]c1C. The molecule has 0 saturated heterocycles. The predicted octanol–water partition coefficient (Wildman–Crippen LogP) is 1.50. The van der Waals surface area contributed by atoms with Gasteiger partial charge in [0.05, 0.1) is 0 Å². The second-order valence-electron chi connectivity index (χ2n) is 2.10. The molecule has 0 bridgehead atoms. The van der Waals surface area contributed by atoms with Gasteiger partial charge in [-0.3, -0.25) is 0 Å². The average Bonchev–Trinajstić information content (AvgIpc) is 2.13. The van der Waals surface area contributed by atoms with Crippen molar-refractivity contribution in [1.29, 1.82) is 5.26 Å². The zero-order valence-corrected chi connectivity index (χ0v) is 5.52. The molecule has 1 N–H and O–H groups in total. The van der Waals surface area contributed by atoms with Crippen LogP contribution in [-0.4, -0.2) is 4.98 Å². The Bertz CT molecular complexity index is 233. The molecule has 1 heterocycles. The van der Waals surface area contributed by atoms with Gasteiger partial charge in [-0.05, 0) is 25.5 Å². The van der Waals surface area contributed by atoms with E-state index in [1.807, 2.05) is 26.0 Å². The van der Waals surface area contributed by atoms with Crippen LogP contribution in [0.1, 0.15) is 17.0 Å². The van der Waals surface area contributed by atoms with E-state index in [1.54, 1.807) is 0 Å². The summed E-state index contributed by atoms with van der Waals surface area (Å²) in [6.45, 7) is 3.93. The summed E-state index contributed by atoms with van der Waals surface area (Å²) in [6, 6.07) is 3.88. The first-order valence-electron chi connectivity index (χ1n) is 2.80. The minimum Gasteiger partial charge on any atom is -0.350 e. The number of nitriles is 1. The second-order valence-corrected chi connectivity index (χ2v) is 2.10. The van der Waals surface area contributed by atoms with Gasteiger partial charge in [0, 0.05) is 5.69 Å². The Hall–Kier alpha value is -1.23. The van der Waals surface area contributed by atoms with Crippen LogP contribution in [0.5, 0.6) is 0 Å². The lowest BCUT2D eigenvalue weighted by Gasteiger charge is -1.81. The Balaban J connectivity index is 3.16. The summed E-state index contributed by atoms with van der Waals surface area (Å²) in [4.78, 5) is 2.93. The summed E-state index contributed by atoms with van der Waals surface area (Å²) in [5.41, 5.74) is 2.86. The number of hydrogen-bond acceptors (Lipinski definition) is 1. The fraction of sp³-hybridized carbons (Fsp3) is 0.286. The molecule has 46 valence electrons. The van der Waals surface area contributed by atoms with Crippen molar-refractivity contribution in [2.75, 3.05) is 0 Å². The summed E-state index contributed by atoms with van der Waals surface area (Å²) < 4.78 is 0. The summed E-state index contributed by atoms with van der Waals surface area (Å²) in [6.07, 6.45) is 0. The van der Waals surface area contributed by atoms with Crippen molar-refractivity contribution >= 4 is 0 Å². The molecular formula is C7H8N2. The summed E-state index contributed by atoms with van der Waals surface area (Å²) >= 11 is 0. The molecule has 1 aromatic rings. The maximum Gasteiger partial charge on any atom is 0.118 e. The number of aryl methyl sites for hydroxylation is 2. The zero-order valence-electron chi connectivity index (χ0n) is 5.52. The third-order valence-electron chi connectivity index (χ3n) is 1.39. The number of aromatic nitrogens is 1. The van der Waals surface area contributed by atoms with Crippen molar-refractivity contribution in [2.45, 2.75) is 13.8 Å². The Morgan fingerprint density at radius 1 is 1.56 bits per heavy atom. The molecular weight excluding hydrogens is 112 g/mol. The quantitative estimate of drug-likeness (QED) is 0.553. The number of nitrogens with one attached hydrogen (secondary N) is 1. The summed E-state index contributed by atoms with van der Waals surface area (Å²) in [7, 11) is 0. The van der Waals surface area contributed by atoms with E-state index in [2.05, 4.69) is 4.98 Å². The van der Waals surface area contributed by atoms with Crippen LogP contribution < -0.4 is 0 Å². The first-order chi connectivity index (χ1) is 4.24. The second kappa shape index (κ2) is 1.94. The van der Waals surface area contributed by atoms with Crippen LogP contribution in [0.3, 0.4) is 0 Å². The highest BCUT2D eigenvalue weighted by Gasteiger charge is 1.96. The van der Waals surface area contributed by atoms with Crippen LogP contribution in [0.2, 0.25) is 0 Å². The highest BCUT2D eigenvalue weighted by molar-refractivity contribution is 5.30. The van der Waals surface area contributed by atoms with Crippen LogP contribution >= 0.6 is 0 Å². The first kappa shape index (κ1) is 5.90. The first-order valence-corrected chi connectivity index (χ1v) is 2.80. The molecule has 0 saturated carbocycles. The molecule has 0 aliphatic carbocycles. The highest BCUT2D eigenvalue weighted by atomic mass is 14.7. The van der Waals surface area contributed by atoms with Gasteiger partial charge in [0.25, 0.3) is 0 Å². The van der Waals surface area contributed by atoms with E-state index in [0.717, 1.165) is 11.3 Å². The van der Waals surface area contributed by atoms with Crippen LogP contribution in [-0.2, 0) is 0 Å². The number of aromatic amines is 1. The highest BCUT2D eigenvalue weighted by Crippen LogP contribution is 2.05. The Morgan fingerprint density at radius 3 is 2.44 bits per heavy atom. The van der Waals surface area contributed by atoms with Gasteiger partial charge in [-0.25, -0.2) is 0 Å². The number of hydrogen-bond donors (Lipinski definition) is 1. The Morgan fingerprint density at radius 2 is 2.22 bits per heavy atom. The molecule has 2 nitrogen and oxygen atoms in total. The molecule has 0 unspecified atom stereocenters. The largest absolute Gasteiger partial charge is 0.350 e. The lowest BCUT2D eigenvalue weighted by Crippen LogP contribution is -1.72. The minimum absolute atomic E-state index is 0.644. The zero-order chi connectivity index (χ0) is 6.85. The average molecular weight is 120 g/mol. The van der Waals surface area contributed by atoms with Crippen molar-refractivity contribution < 1.29 is 0 Å². The standard InChI is InChI=1S/C7H8N2/c1-5-3-7(4-8)9-6(5)2/h3,9H,1-2H3. The van der Waals surface area contributed by atoms with Crippen LogP contribution in [0.15, 0.2) is 6.07 Å². The van der Waals surface area contributed by atoms with Gasteiger partial charge in [0.1, 0.15) is 11.8 Å². The maximum atomic E-state index is 8.39. The number of nitrogens with zero attached hydrogens (tertiary/aromatic N) is 1. The molecule has 0 atom stereocenters. The fourth-order valence-corrected chi connectivity index (χ4v) is 0.722. The normalized spacial score (nSPS) is 9.00. The third-order valence-corrected chi connectivity index (χ3v) is 1.39. The number of rotatable bonds is 0. The molecule has 0 fully saturated rings. The van der Waals surface area contributed by atoms with Gasteiger partial charge >= 0.3 is 0 Å². The van der Waals surface area contributed by atoms with E-state index >= 15 is 0 Å². The van der Waals surface area contributed by atoms with Crippen molar-refractivity contribution in [1.82, 2.24) is 4.98 Å². The number of H-pyrrole nitrogens is 1. The molecule has 0 aliphatic rings. The van der Waals surface area contributed by atoms with Crippen molar-refractivity contribution in [3.63, 3.8) is 0 Å². The van der Waals surface area contributed by atoms with Crippen molar-refractivity contribution in [3.8, 4) is 6.07 Å². The van der Waals surface area contributed by atoms with E-state index < -0.39 is 0 Å². The van der Waals surface area contributed by atoms with Crippen LogP contribution in [0.4, 0.5) is 0 Å². The van der Waals surface area contributed by atoms with Gasteiger partial charge in [-0.15, -0.1) is 0 Å². The van der Waals surface area contributed by atoms with E-state index in [9.17, 15) is 0 Å². The van der Waals surface area contributed by atoms with Gasteiger partial charge in [0.2, 0.25) is 0 Å². The topological polar surface area (TPSA) is 39.6 Å². The molecule has 9 heavy (non-hydrogen) atoms. The monoisotopic (exact) mass is 120 g/mol. The predicted molar refractivity (Wildman–Crippen MR) is 35.0 cm³/mol. The van der Waals surface area contributed by atoms with Gasteiger partial charge in [0.15, 0.2) is 0 Å². The third kappa shape index (κ3) is 0.945. The van der Waals surface area contributed by atoms with Gasteiger partial charge in [-0.1, -0.05) is 0 Å². The molecule has 0 aliphatic heterocycles. The van der Waals surface area contributed by atoms with Gasteiger partial charge < -0.3 is 4.98 Å². The summed E-state index contributed by atoms with van der Waals surface area (Å²) in [5.74, 6) is 0. The van der Waals surface area contributed by atoms with E-state index in [4.69, 9.17) is 5.26 Å².